The van der Waals surface area contributed by atoms with Crippen LogP contribution in [-0.4, -0.2) is 26.6 Å². The average molecular weight is 337 g/mol. The number of pyridine rings is 1. The maximum Gasteiger partial charge on any atom is 0.313 e. The predicted octanol–water partition coefficient (Wildman–Crippen LogP) is 2.09. The van der Waals surface area contributed by atoms with Crippen molar-refractivity contribution in [3.05, 3.63) is 54.0 Å². The molecule has 2 heterocycles. The summed E-state index contributed by atoms with van der Waals surface area (Å²) in [4.78, 5) is 28.5. The van der Waals surface area contributed by atoms with Gasteiger partial charge in [0.25, 0.3) is 0 Å². The molecule has 3 rings (SSSR count). The first-order valence-corrected chi connectivity index (χ1v) is 7.91. The number of nitrogens with one attached hydrogen (secondary N) is 2. The first kappa shape index (κ1) is 16.6. The number of amides is 2. The first-order chi connectivity index (χ1) is 11.9. The van der Waals surface area contributed by atoms with Crippen LogP contribution in [-0.2, 0) is 16.6 Å². The maximum atomic E-state index is 12.2. The highest BCUT2D eigenvalue weighted by molar-refractivity contribution is 6.39. The maximum absolute atomic E-state index is 12.2. The quantitative estimate of drug-likeness (QED) is 0.716. The molecular formula is C18H19N5O2. The second-order valence-electron chi connectivity index (χ2n) is 5.90. The molecule has 0 aliphatic heterocycles. The monoisotopic (exact) mass is 337 g/mol. The van der Waals surface area contributed by atoms with Gasteiger partial charge in [-0.2, -0.15) is 5.10 Å². The highest BCUT2D eigenvalue weighted by Gasteiger charge is 2.19. The molecule has 0 fully saturated rings. The van der Waals surface area contributed by atoms with E-state index in [1.807, 2.05) is 39.2 Å². The van der Waals surface area contributed by atoms with E-state index in [2.05, 4.69) is 20.7 Å². The van der Waals surface area contributed by atoms with Crippen LogP contribution in [0.15, 0.2) is 42.7 Å². The lowest BCUT2D eigenvalue weighted by molar-refractivity contribution is -0.136. The number of aryl methyl sites for hydroxylation is 2. The summed E-state index contributed by atoms with van der Waals surface area (Å²) in [6, 6.07) is 8.69. The Hall–Kier alpha value is -3.22. The molecule has 2 amide bonds. The molecule has 2 aromatic heterocycles. The van der Waals surface area contributed by atoms with Crippen molar-refractivity contribution in [2.45, 2.75) is 19.9 Å². The zero-order chi connectivity index (χ0) is 18.0. The van der Waals surface area contributed by atoms with Gasteiger partial charge in [0.1, 0.15) is 0 Å². The number of nitrogens with zero attached hydrogens (tertiary/aromatic N) is 3. The van der Waals surface area contributed by atoms with Crippen molar-refractivity contribution in [1.29, 1.82) is 0 Å². The van der Waals surface area contributed by atoms with E-state index >= 15 is 0 Å². The summed E-state index contributed by atoms with van der Waals surface area (Å²) in [7, 11) is 1.81. The molecule has 1 aromatic carbocycles. The molecule has 0 bridgehead atoms. The van der Waals surface area contributed by atoms with Gasteiger partial charge in [-0.05, 0) is 38.1 Å². The number of anilines is 1. The molecule has 0 radical (unpaired) electrons. The number of hydrogen-bond acceptors (Lipinski definition) is 4. The first-order valence-electron chi connectivity index (χ1n) is 7.91. The lowest BCUT2D eigenvalue weighted by atomic mass is 10.1. The van der Waals surface area contributed by atoms with Gasteiger partial charge < -0.3 is 10.6 Å². The van der Waals surface area contributed by atoms with E-state index < -0.39 is 11.8 Å². The topological polar surface area (TPSA) is 88.9 Å². The van der Waals surface area contributed by atoms with Gasteiger partial charge in [-0.1, -0.05) is 6.07 Å². The Morgan fingerprint density at radius 3 is 2.72 bits per heavy atom. The van der Waals surface area contributed by atoms with Crippen molar-refractivity contribution in [3.63, 3.8) is 0 Å². The van der Waals surface area contributed by atoms with E-state index in [9.17, 15) is 9.59 Å². The van der Waals surface area contributed by atoms with Gasteiger partial charge in [0, 0.05) is 36.1 Å². The lowest BCUT2D eigenvalue weighted by Crippen LogP contribution is -2.37. The molecule has 0 spiro atoms. The van der Waals surface area contributed by atoms with Crippen LogP contribution in [0.2, 0.25) is 0 Å². The number of benzene rings is 1. The number of fused-ring (bicyclic) bond motifs is 1. The SMILES string of the molecule is Cc1nn(C)cc1[C@@H](C)NC(=O)C(=O)Nc1ccc2ncccc2c1. The van der Waals surface area contributed by atoms with E-state index in [4.69, 9.17) is 0 Å². The molecule has 0 aliphatic carbocycles. The molecule has 7 nitrogen and oxygen atoms in total. The van der Waals surface area contributed by atoms with Gasteiger partial charge in [0.2, 0.25) is 0 Å². The number of carbonyl (C=O) groups is 2. The van der Waals surface area contributed by atoms with Crippen molar-refractivity contribution in [3.8, 4) is 0 Å². The Labute approximate surface area is 145 Å². The predicted molar refractivity (Wildman–Crippen MR) is 94.9 cm³/mol. The molecule has 0 aliphatic rings. The summed E-state index contributed by atoms with van der Waals surface area (Å²) in [5.41, 5.74) is 3.06. The normalized spacial score (nSPS) is 12.0. The smallest absolute Gasteiger partial charge is 0.313 e. The van der Waals surface area contributed by atoms with E-state index in [0.29, 0.717) is 5.69 Å². The summed E-state index contributed by atoms with van der Waals surface area (Å²) in [6.45, 7) is 3.68. The highest BCUT2D eigenvalue weighted by Crippen LogP contribution is 2.18. The van der Waals surface area contributed by atoms with Gasteiger partial charge in [-0.3, -0.25) is 19.3 Å². The van der Waals surface area contributed by atoms with Crippen LogP contribution in [0.25, 0.3) is 10.9 Å². The minimum atomic E-state index is -0.711. The van der Waals surface area contributed by atoms with Crippen LogP contribution in [0.5, 0.6) is 0 Å². The Balaban J connectivity index is 1.67. The number of rotatable bonds is 3. The Morgan fingerprint density at radius 1 is 1.20 bits per heavy atom. The van der Waals surface area contributed by atoms with Crippen molar-refractivity contribution in [2.75, 3.05) is 5.32 Å². The Bertz CT molecular complexity index is 948. The molecule has 25 heavy (non-hydrogen) atoms. The average Bonchev–Trinajstić information content (AvgIpc) is 2.93. The van der Waals surface area contributed by atoms with Crippen molar-refractivity contribution in [2.24, 2.45) is 7.05 Å². The minimum Gasteiger partial charge on any atom is -0.341 e. The Morgan fingerprint density at radius 2 is 2.00 bits per heavy atom. The molecule has 0 unspecified atom stereocenters. The number of carbonyl (C=O) groups excluding carboxylic acids is 2. The third kappa shape index (κ3) is 3.65. The van der Waals surface area contributed by atoms with E-state index in [0.717, 1.165) is 22.2 Å². The molecular weight excluding hydrogens is 318 g/mol. The third-order valence-electron chi connectivity index (χ3n) is 3.93. The van der Waals surface area contributed by atoms with E-state index in [1.54, 1.807) is 29.1 Å². The molecule has 128 valence electrons. The second kappa shape index (κ2) is 6.72. The zero-order valence-corrected chi connectivity index (χ0v) is 14.3. The molecule has 7 heteroatoms. The number of hydrogen-bond donors (Lipinski definition) is 2. The molecule has 3 aromatic rings. The van der Waals surface area contributed by atoms with Gasteiger partial charge >= 0.3 is 11.8 Å². The van der Waals surface area contributed by atoms with Gasteiger partial charge in [0.05, 0.1) is 17.3 Å². The molecule has 1 atom stereocenters. The Kier molecular flexibility index (Phi) is 4.47. The lowest BCUT2D eigenvalue weighted by Gasteiger charge is -2.13. The van der Waals surface area contributed by atoms with Crippen molar-refractivity contribution < 1.29 is 9.59 Å². The van der Waals surface area contributed by atoms with Gasteiger partial charge in [-0.15, -0.1) is 0 Å². The van der Waals surface area contributed by atoms with Gasteiger partial charge in [-0.25, -0.2) is 0 Å². The van der Waals surface area contributed by atoms with E-state index in [-0.39, 0.29) is 6.04 Å². The summed E-state index contributed by atoms with van der Waals surface area (Å²) < 4.78 is 1.68. The highest BCUT2D eigenvalue weighted by atomic mass is 16.2. The summed E-state index contributed by atoms with van der Waals surface area (Å²) >= 11 is 0. The van der Waals surface area contributed by atoms with Crippen LogP contribution < -0.4 is 10.6 Å². The fraction of sp³-hybridized carbons (Fsp3) is 0.222. The summed E-state index contributed by atoms with van der Waals surface area (Å²) in [6.07, 6.45) is 3.53. The van der Waals surface area contributed by atoms with Gasteiger partial charge in [0.15, 0.2) is 0 Å². The third-order valence-corrected chi connectivity index (χ3v) is 3.93. The fourth-order valence-electron chi connectivity index (χ4n) is 2.72. The van der Waals surface area contributed by atoms with Crippen molar-refractivity contribution >= 4 is 28.4 Å². The molecule has 0 saturated heterocycles. The summed E-state index contributed by atoms with van der Waals surface area (Å²) in [5, 5.41) is 10.4. The van der Waals surface area contributed by atoms with Crippen LogP contribution >= 0.6 is 0 Å². The van der Waals surface area contributed by atoms with E-state index in [1.165, 1.54) is 0 Å². The fourth-order valence-corrected chi connectivity index (χ4v) is 2.72. The number of aromatic nitrogens is 3. The van der Waals surface area contributed by atoms with Crippen LogP contribution in [0.3, 0.4) is 0 Å². The summed E-state index contributed by atoms with van der Waals surface area (Å²) in [5.74, 6) is -1.40. The molecule has 2 N–H and O–H groups in total. The van der Waals surface area contributed by atoms with Crippen molar-refractivity contribution in [1.82, 2.24) is 20.1 Å². The van der Waals surface area contributed by atoms with Crippen LogP contribution in [0.4, 0.5) is 5.69 Å². The standard InChI is InChI=1S/C18H19N5O2/c1-11(15-10-23(3)22-12(15)2)20-17(24)18(25)21-14-6-7-16-13(9-14)5-4-8-19-16/h4-11H,1-3H3,(H,20,24)(H,21,25)/t11-/m1/s1. The second-order valence-corrected chi connectivity index (χ2v) is 5.90. The zero-order valence-electron chi connectivity index (χ0n) is 14.3. The molecule has 0 saturated carbocycles. The largest absolute Gasteiger partial charge is 0.341 e. The minimum absolute atomic E-state index is 0.312. The van der Waals surface area contributed by atoms with Crippen LogP contribution in [0.1, 0.15) is 24.2 Å². The van der Waals surface area contributed by atoms with Crippen LogP contribution in [0, 0.1) is 6.92 Å².